The summed E-state index contributed by atoms with van der Waals surface area (Å²) in [5.41, 5.74) is 0. The van der Waals surface area contributed by atoms with Crippen LogP contribution in [-0.4, -0.2) is 3.46 Å². The van der Waals surface area contributed by atoms with Crippen molar-refractivity contribution in [2.24, 2.45) is 0 Å². The van der Waals surface area contributed by atoms with E-state index >= 15 is 0 Å². The van der Waals surface area contributed by atoms with Gasteiger partial charge in [-0.15, -0.1) is 0 Å². The summed E-state index contributed by atoms with van der Waals surface area (Å²) < 4.78 is 0.417. The maximum Gasteiger partial charge on any atom is 3.00 e. The van der Waals surface area contributed by atoms with Gasteiger partial charge in [-0.25, -0.2) is 0 Å². The minimum atomic E-state index is 0. The number of hydrogen-bond acceptors (Lipinski definition) is 1. The monoisotopic (exact) mass is 312 g/mol. The average Bonchev–Trinajstić information content (AvgIpc) is 0.811. The summed E-state index contributed by atoms with van der Waals surface area (Å²) in [5, 5.41) is 0. The van der Waals surface area contributed by atoms with Gasteiger partial charge in [0.05, 0.1) is 0 Å². The normalized spacial score (nSPS) is 7.20. The van der Waals surface area contributed by atoms with E-state index in [0.717, 1.165) is 0 Å². The summed E-state index contributed by atoms with van der Waals surface area (Å²) in [4.78, 5) is 0. The van der Waals surface area contributed by atoms with Gasteiger partial charge in [0.15, 0.2) is 0 Å². The third-order valence-electron chi connectivity index (χ3n) is 0. The molecular formula is Cl3IrN+3. The Morgan fingerprint density at radius 2 is 1.00 bits per heavy atom. The molecule has 0 saturated heterocycles. The third kappa shape index (κ3) is 30.3. The van der Waals surface area contributed by atoms with Crippen molar-refractivity contribution in [1.29, 1.82) is 0 Å². The molecule has 5 heteroatoms. The van der Waals surface area contributed by atoms with Crippen LogP contribution in [0.5, 0.6) is 0 Å². The van der Waals surface area contributed by atoms with Crippen molar-refractivity contribution in [1.82, 2.24) is 3.46 Å². The molecule has 0 aromatic rings. The quantitative estimate of drug-likeness (QED) is 0.616. The zero-order chi connectivity index (χ0) is 3.58. The van der Waals surface area contributed by atoms with Crippen LogP contribution in [-0.2, 0) is 20.1 Å². The van der Waals surface area contributed by atoms with Gasteiger partial charge in [0.25, 0.3) is 0 Å². The van der Waals surface area contributed by atoms with E-state index in [1.54, 1.807) is 0 Å². The van der Waals surface area contributed by atoms with E-state index < -0.39 is 0 Å². The second-order valence-electron chi connectivity index (χ2n) is 0.192. The van der Waals surface area contributed by atoms with E-state index in [1.807, 2.05) is 0 Å². The van der Waals surface area contributed by atoms with E-state index in [1.165, 1.54) is 0 Å². The van der Waals surface area contributed by atoms with Gasteiger partial charge < -0.3 is 0 Å². The first kappa shape index (κ1) is 9.70. The minimum Gasteiger partial charge on any atom is -0.0380 e. The SMILES string of the molecule is ClN(Cl)Cl.[Ir+3]. The molecule has 0 fully saturated rings. The van der Waals surface area contributed by atoms with E-state index in [0.29, 0.717) is 3.46 Å². The number of halogens is 3. The Bertz CT molecular complexity index is 11.6. The molecule has 32 valence electrons. The smallest absolute Gasteiger partial charge is 0.0380 e. The molecule has 0 aromatic heterocycles. The summed E-state index contributed by atoms with van der Waals surface area (Å²) in [7, 11) is 0. The number of nitrogens with zero attached hydrogens (tertiary/aromatic N) is 1. The predicted molar refractivity (Wildman–Crippen MR) is 19.4 cm³/mol. The first-order valence-corrected chi connectivity index (χ1v) is 1.52. The van der Waals surface area contributed by atoms with E-state index in [2.05, 4.69) is 35.3 Å². The van der Waals surface area contributed by atoms with Gasteiger partial charge >= 0.3 is 20.1 Å². The molecule has 5 heavy (non-hydrogen) atoms. The van der Waals surface area contributed by atoms with Crippen LogP contribution in [0.3, 0.4) is 0 Å². The summed E-state index contributed by atoms with van der Waals surface area (Å²) in [5.74, 6) is 0. The largest absolute Gasteiger partial charge is 3.00 e. The molecule has 0 bridgehead atoms. The fourth-order valence-electron chi connectivity index (χ4n) is 0. The molecule has 0 aromatic carbocycles. The van der Waals surface area contributed by atoms with Crippen LogP contribution in [0.25, 0.3) is 0 Å². The van der Waals surface area contributed by atoms with Gasteiger partial charge in [0, 0.05) is 35.3 Å². The predicted octanol–water partition coefficient (Wildman–Crippen LogP) is 1.75. The second-order valence-corrected chi connectivity index (χ2v) is 1.72. The molecule has 0 N–H and O–H groups in total. The van der Waals surface area contributed by atoms with Gasteiger partial charge in [-0.2, -0.15) is 0 Å². The Labute approximate surface area is 58.9 Å². The Morgan fingerprint density at radius 3 is 1.00 bits per heavy atom. The van der Waals surface area contributed by atoms with Crippen molar-refractivity contribution in [2.45, 2.75) is 0 Å². The van der Waals surface area contributed by atoms with E-state index in [9.17, 15) is 0 Å². The van der Waals surface area contributed by atoms with Crippen molar-refractivity contribution >= 4 is 35.3 Å². The minimum absolute atomic E-state index is 0. The van der Waals surface area contributed by atoms with Gasteiger partial charge in [0.1, 0.15) is 0 Å². The zero-order valence-corrected chi connectivity index (χ0v) is 6.58. The summed E-state index contributed by atoms with van der Waals surface area (Å²) in [6.45, 7) is 0. The van der Waals surface area contributed by atoms with Crippen LogP contribution in [0.2, 0.25) is 0 Å². The molecule has 0 aliphatic carbocycles. The Hall–Kier alpha value is 1.48. The first-order chi connectivity index (χ1) is 1.73. The fourth-order valence-corrected chi connectivity index (χ4v) is 0. The molecule has 0 amide bonds. The van der Waals surface area contributed by atoms with E-state index in [4.69, 9.17) is 0 Å². The van der Waals surface area contributed by atoms with Gasteiger partial charge in [-0.05, 0) is 3.46 Å². The molecule has 0 saturated carbocycles. The molecular weight excluding hydrogens is 313 g/mol. The summed E-state index contributed by atoms with van der Waals surface area (Å²) in [6, 6.07) is 0. The molecule has 0 aliphatic heterocycles. The van der Waals surface area contributed by atoms with Crippen molar-refractivity contribution in [3.05, 3.63) is 0 Å². The first-order valence-electron chi connectivity index (χ1n) is 0.507. The summed E-state index contributed by atoms with van der Waals surface area (Å²) >= 11 is 13.9. The molecule has 0 rings (SSSR count). The molecule has 0 radical (unpaired) electrons. The Morgan fingerprint density at radius 1 is 1.00 bits per heavy atom. The standard InChI is InChI=1S/Cl3N.Ir/c1-4(2)3;/q;+3. The van der Waals surface area contributed by atoms with Crippen molar-refractivity contribution in [3.8, 4) is 0 Å². The Balaban J connectivity index is 0. The molecule has 0 unspecified atom stereocenters. The molecule has 0 heterocycles. The van der Waals surface area contributed by atoms with Crippen LogP contribution in [0.15, 0.2) is 0 Å². The van der Waals surface area contributed by atoms with Crippen LogP contribution in [0.4, 0.5) is 0 Å². The molecule has 1 nitrogen and oxygen atoms in total. The number of hydrogen-bond donors (Lipinski definition) is 0. The van der Waals surface area contributed by atoms with E-state index in [-0.39, 0.29) is 20.1 Å². The number of rotatable bonds is 0. The topological polar surface area (TPSA) is 3.24 Å². The fraction of sp³-hybridized carbons (Fsp3) is 0. The summed E-state index contributed by atoms with van der Waals surface area (Å²) in [6.07, 6.45) is 0. The van der Waals surface area contributed by atoms with Crippen molar-refractivity contribution in [2.75, 3.05) is 0 Å². The maximum absolute atomic E-state index is 4.64. The average molecular weight is 313 g/mol. The van der Waals surface area contributed by atoms with Gasteiger partial charge in [-0.1, -0.05) is 0 Å². The van der Waals surface area contributed by atoms with Crippen LogP contribution >= 0.6 is 35.3 Å². The van der Waals surface area contributed by atoms with Crippen molar-refractivity contribution < 1.29 is 20.1 Å². The van der Waals surface area contributed by atoms with Crippen LogP contribution in [0.1, 0.15) is 0 Å². The van der Waals surface area contributed by atoms with Crippen LogP contribution < -0.4 is 0 Å². The van der Waals surface area contributed by atoms with Gasteiger partial charge in [-0.3, -0.25) is 0 Å². The molecule has 0 spiro atoms. The maximum atomic E-state index is 4.64. The zero-order valence-electron chi connectivity index (χ0n) is 1.91. The van der Waals surface area contributed by atoms with Crippen LogP contribution in [0, 0.1) is 0 Å². The van der Waals surface area contributed by atoms with Gasteiger partial charge in [0.2, 0.25) is 0 Å². The molecule has 0 aliphatic rings. The second kappa shape index (κ2) is 5.48. The Kier molecular flexibility index (Phi) is 10.6. The van der Waals surface area contributed by atoms with Crippen molar-refractivity contribution in [3.63, 3.8) is 0 Å². The molecule has 0 atom stereocenters. The third-order valence-corrected chi connectivity index (χ3v) is 0.